The van der Waals surface area contributed by atoms with E-state index in [1.807, 2.05) is 0 Å². The lowest BCUT2D eigenvalue weighted by Crippen LogP contribution is -2.55. The van der Waals surface area contributed by atoms with E-state index in [-0.39, 0.29) is 43.5 Å². The molecule has 3 amide bonds. The number of nitro benzene ring substituents is 1. The number of rotatable bonds is 3. The molecule has 0 atom stereocenters. The molecule has 1 aromatic carbocycles. The molecule has 2 aliphatic rings. The minimum Gasteiger partial charge on any atom is -0.378 e. The number of carbonyl (C=O) groups excluding carboxylic acids is 3. The Morgan fingerprint density at radius 3 is 2.19 bits per heavy atom. The van der Waals surface area contributed by atoms with Gasteiger partial charge in [0.1, 0.15) is 0 Å². The molecule has 2 fully saturated rings. The first-order valence-corrected chi connectivity index (χ1v) is 10.2. The van der Waals surface area contributed by atoms with Crippen molar-refractivity contribution in [3.05, 3.63) is 52.3 Å². The number of amides is 3. The van der Waals surface area contributed by atoms with Gasteiger partial charge in [0.15, 0.2) is 5.69 Å². The molecule has 168 valence electrons. The van der Waals surface area contributed by atoms with Crippen LogP contribution in [0.2, 0.25) is 0 Å². The van der Waals surface area contributed by atoms with E-state index in [2.05, 4.69) is 5.10 Å². The molecule has 2 saturated heterocycles. The van der Waals surface area contributed by atoms with Gasteiger partial charge in [0.05, 0.1) is 23.8 Å². The molecule has 2 aliphatic heterocycles. The number of nitro groups is 1. The zero-order chi connectivity index (χ0) is 22.7. The first kappa shape index (κ1) is 21.4. The summed E-state index contributed by atoms with van der Waals surface area (Å²) < 4.78 is 6.61. The molecule has 12 nitrogen and oxygen atoms in total. The summed E-state index contributed by atoms with van der Waals surface area (Å²) in [6.45, 7) is 2.72. The topological polar surface area (TPSA) is 131 Å². The smallest absolute Gasteiger partial charge is 0.312 e. The third kappa shape index (κ3) is 4.44. The molecule has 0 saturated carbocycles. The Morgan fingerprint density at radius 2 is 1.53 bits per heavy atom. The fourth-order valence-electron chi connectivity index (χ4n) is 3.64. The highest BCUT2D eigenvalue weighted by atomic mass is 16.6. The Hall–Kier alpha value is -3.80. The summed E-state index contributed by atoms with van der Waals surface area (Å²) in [7, 11) is 0. The van der Waals surface area contributed by atoms with Crippen LogP contribution in [-0.4, -0.2) is 99.6 Å². The summed E-state index contributed by atoms with van der Waals surface area (Å²) >= 11 is 0. The van der Waals surface area contributed by atoms with Gasteiger partial charge in [-0.15, -0.1) is 0 Å². The van der Waals surface area contributed by atoms with Crippen molar-refractivity contribution < 1.29 is 24.0 Å². The number of hydrogen-bond acceptors (Lipinski definition) is 7. The van der Waals surface area contributed by atoms with E-state index in [0.717, 1.165) is 0 Å². The molecular weight excluding hydrogens is 420 g/mol. The van der Waals surface area contributed by atoms with E-state index < -0.39 is 16.7 Å². The molecule has 0 unspecified atom stereocenters. The van der Waals surface area contributed by atoms with Gasteiger partial charge < -0.3 is 19.4 Å². The van der Waals surface area contributed by atoms with Crippen molar-refractivity contribution in [2.75, 3.05) is 52.5 Å². The second-order valence-corrected chi connectivity index (χ2v) is 7.41. The van der Waals surface area contributed by atoms with Crippen molar-refractivity contribution in [3.8, 4) is 5.69 Å². The van der Waals surface area contributed by atoms with Crippen LogP contribution in [0.1, 0.15) is 10.5 Å². The van der Waals surface area contributed by atoms with Gasteiger partial charge in [-0.3, -0.25) is 24.5 Å². The molecular formula is C20H22N6O6. The van der Waals surface area contributed by atoms with Crippen LogP contribution >= 0.6 is 0 Å². The maximum atomic E-state index is 12.8. The van der Waals surface area contributed by atoms with Gasteiger partial charge in [0.25, 0.3) is 11.6 Å². The Kier molecular flexibility index (Phi) is 6.12. The van der Waals surface area contributed by atoms with Crippen LogP contribution in [0.4, 0.5) is 5.69 Å². The quantitative estimate of drug-likeness (QED) is 0.369. The Bertz CT molecular complexity index is 1040. The van der Waals surface area contributed by atoms with Crippen LogP contribution in [-0.2, 0) is 14.3 Å². The Morgan fingerprint density at radius 1 is 0.906 bits per heavy atom. The number of non-ortho nitro benzene ring substituents is 1. The highest BCUT2D eigenvalue weighted by Crippen LogP contribution is 2.17. The lowest BCUT2D eigenvalue weighted by molar-refractivity contribution is -0.384. The van der Waals surface area contributed by atoms with Crippen molar-refractivity contribution in [2.24, 2.45) is 0 Å². The molecule has 2 aromatic rings. The monoisotopic (exact) mass is 442 g/mol. The van der Waals surface area contributed by atoms with Crippen LogP contribution in [0.15, 0.2) is 36.5 Å². The summed E-state index contributed by atoms with van der Waals surface area (Å²) in [6, 6.07) is 7.50. The van der Waals surface area contributed by atoms with Gasteiger partial charge in [0, 0.05) is 57.6 Å². The third-order valence-corrected chi connectivity index (χ3v) is 5.45. The molecule has 3 heterocycles. The predicted octanol–water partition coefficient (Wildman–Crippen LogP) is -0.0763. The fourth-order valence-corrected chi connectivity index (χ4v) is 3.64. The average molecular weight is 442 g/mol. The zero-order valence-electron chi connectivity index (χ0n) is 17.3. The average Bonchev–Trinajstić information content (AvgIpc) is 3.34. The second kappa shape index (κ2) is 9.14. The number of carbonyl (C=O) groups is 3. The number of piperazine rings is 1. The highest BCUT2D eigenvalue weighted by molar-refractivity contribution is 6.34. The standard InChI is InChI=1S/C20H22N6O6/c27-18(17-4-5-25(21-17)15-2-1-3-16(14-15)26(30)31)22-6-8-23(9-7-22)19(28)20(29)24-10-12-32-13-11-24/h1-5,14H,6-13H2. The van der Waals surface area contributed by atoms with Gasteiger partial charge >= 0.3 is 11.8 Å². The summed E-state index contributed by atoms with van der Waals surface area (Å²) in [5, 5.41) is 15.2. The van der Waals surface area contributed by atoms with E-state index in [9.17, 15) is 24.5 Å². The van der Waals surface area contributed by atoms with Gasteiger partial charge in [-0.2, -0.15) is 5.10 Å². The first-order chi connectivity index (χ1) is 15.4. The molecule has 0 N–H and O–H groups in total. The maximum Gasteiger partial charge on any atom is 0.312 e. The van der Waals surface area contributed by atoms with E-state index >= 15 is 0 Å². The zero-order valence-corrected chi connectivity index (χ0v) is 17.3. The van der Waals surface area contributed by atoms with Crippen molar-refractivity contribution in [1.82, 2.24) is 24.5 Å². The van der Waals surface area contributed by atoms with E-state index in [4.69, 9.17) is 4.74 Å². The van der Waals surface area contributed by atoms with Crippen LogP contribution in [0, 0.1) is 10.1 Å². The number of benzene rings is 1. The number of hydrogen-bond donors (Lipinski definition) is 0. The Balaban J connectivity index is 1.36. The summed E-state index contributed by atoms with van der Waals surface area (Å²) in [5.74, 6) is -1.40. The molecule has 4 rings (SSSR count). The number of morpholine rings is 1. The first-order valence-electron chi connectivity index (χ1n) is 10.2. The van der Waals surface area contributed by atoms with E-state index in [0.29, 0.717) is 32.0 Å². The number of ether oxygens (including phenoxy) is 1. The van der Waals surface area contributed by atoms with Crippen LogP contribution < -0.4 is 0 Å². The molecule has 0 spiro atoms. The van der Waals surface area contributed by atoms with Gasteiger partial charge in [-0.05, 0) is 12.1 Å². The highest BCUT2D eigenvalue weighted by Gasteiger charge is 2.32. The summed E-state index contributed by atoms with van der Waals surface area (Å²) in [5.41, 5.74) is 0.592. The van der Waals surface area contributed by atoms with Gasteiger partial charge in [-0.25, -0.2) is 4.68 Å². The molecule has 0 radical (unpaired) electrons. The summed E-state index contributed by atoms with van der Waals surface area (Å²) in [4.78, 5) is 52.7. The van der Waals surface area contributed by atoms with Crippen LogP contribution in [0.25, 0.3) is 5.69 Å². The second-order valence-electron chi connectivity index (χ2n) is 7.41. The van der Waals surface area contributed by atoms with Crippen molar-refractivity contribution in [3.63, 3.8) is 0 Å². The van der Waals surface area contributed by atoms with Crippen molar-refractivity contribution in [1.29, 1.82) is 0 Å². The molecule has 32 heavy (non-hydrogen) atoms. The van der Waals surface area contributed by atoms with Crippen molar-refractivity contribution >= 4 is 23.4 Å². The molecule has 12 heteroatoms. The molecule has 0 aliphatic carbocycles. The van der Waals surface area contributed by atoms with Crippen molar-refractivity contribution in [2.45, 2.75) is 0 Å². The molecule has 1 aromatic heterocycles. The van der Waals surface area contributed by atoms with Crippen LogP contribution in [0.3, 0.4) is 0 Å². The number of nitrogens with zero attached hydrogens (tertiary/aromatic N) is 6. The Labute approximate surface area is 183 Å². The lowest BCUT2D eigenvalue weighted by Gasteiger charge is -2.35. The maximum absolute atomic E-state index is 12.8. The minimum absolute atomic E-state index is 0.0710. The van der Waals surface area contributed by atoms with E-state index in [1.54, 1.807) is 29.3 Å². The third-order valence-electron chi connectivity index (χ3n) is 5.45. The summed E-state index contributed by atoms with van der Waals surface area (Å²) in [6.07, 6.45) is 1.56. The SMILES string of the molecule is O=C(C(=O)N1CCN(C(=O)c2ccn(-c3cccc([N+](=O)[O-])c3)n2)CC1)N1CCOCC1. The largest absolute Gasteiger partial charge is 0.378 e. The molecule has 0 bridgehead atoms. The van der Waals surface area contributed by atoms with E-state index in [1.165, 1.54) is 26.6 Å². The number of aromatic nitrogens is 2. The van der Waals surface area contributed by atoms with Gasteiger partial charge in [-0.1, -0.05) is 6.07 Å². The predicted molar refractivity (Wildman–Crippen MR) is 110 cm³/mol. The lowest BCUT2D eigenvalue weighted by atomic mass is 10.2. The fraction of sp³-hybridized carbons (Fsp3) is 0.400. The minimum atomic E-state index is -0.561. The van der Waals surface area contributed by atoms with Crippen LogP contribution in [0.5, 0.6) is 0 Å². The van der Waals surface area contributed by atoms with Gasteiger partial charge in [0.2, 0.25) is 0 Å². The normalized spacial score (nSPS) is 16.7.